The summed E-state index contributed by atoms with van der Waals surface area (Å²) in [7, 11) is 1.67. The summed E-state index contributed by atoms with van der Waals surface area (Å²) in [4.78, 5) is 19.1. The Labute approximate surface area is 159 Å². The van der Waals surface area contributed by atoms with E-state index in [9.17, 15) is 4.79 Å². The van der Waals surface area contributed by atoms with Crippen molar-refractivity contribution in [3.05, 3.63) is 41.4 Å². The summed E-state index contributed by atoms with van der Waals surface area (Å²) >= 11 is 1.45. The van der Waals surface area contributed by atoms with Crippen LogP contribution in [-0.2, 0) is 6.42 Å². The van der Waals surface area contributed by atoms with Crippen LogP contribution in [0.5, 0.6) is 5.75 Å². The predicted octanol–water partition coefficient (Wildman–Crippen LogP) is 4.81. The number of benzene rings is 1. The van der Waals surface area contributed by atoms with E-state index in [2.05, 4.69) is 29.4 Å². The van der Waals surface area contributed by atoms with E-state index in [-0.39, 0.29) is 6.03 Å². The van der Waals surface area contributed by atoms with Crippen molar-refractivity contribution in [2.24, 2.45) is 5.92 Å². The van der Waals surface area contributed by atoms with Crippen LogP contribution in [0.2, 0.25) is 0 Å². The molecule has 2 aromatic rings. The largest absolute Gasteiger partial charge is 0.497 e. The molecule has 0 radical (unpaired) electrons. The molecule has 1 heterocycles. The highest BCUT2D eigenvalue weighted by Gasteiger charge is 2.27. The number of nitrogens with one attached hydrogen (secondary N) is 1. The summed E-state index contributed by atoms with van der Waals surface area (Å²) in [6.07, 6.45) is 7.08. The molecule has 3 rings (SSSR count). The molecule has 0 bridgehead atoms. The number of rotatable bonds is 6. The fraction of sp³-hybridized carbons (Fsp3) is 0.500. The third-order valence-electron chi connectivity index (χ3n) is 5.13. The van der Waals surface area contributed by atoms with Crippen molar-refractivity contribution in [3.8, 4) is 5.75 Å². The SMILES string of the molecule is COc1ccc(CCN(C(=O)Nc2nccs2)C2CCC(C)CC2)cc1. The summed E-state index contributed by atoms with van der Waals surface area (Å²) in [5.74, 6) is 1.62. The number of urea groups is 1. The Morgan fingerprint density at radius 1 is 1.27 bits per heavy atom. The second kappa shape index (κ2) is 9.03. The van der Waals surface area contributed by atoms with E-state index in [0.717, 1.165) is 30.9 Å². The lowest BCUT2D eigenvalue weighted by Gasteiger charge is -2.36. The molecular weight excluding hydrogens is 346 g/mol. The van der Waals surface area contributed by atoms with Crippen LogP contribution in [-0.4, -0.2) is 35.6 Å². The number of carbonyl (C=O) groups excluding carboxylic acids is 1. The number of thiazole rings is 1. The van der Waals surface area contributed by atoms with Gasteiger partial charge in [-0.3, -0.25) is 5.32 Å². The quantitative estimate of drug-likeness (QED) is 0.791. The van der Waals surface area contributed by atoms with E-state index in [1.54, 1.807) is 13.3 Å². The Kier molecular flexibility index (Phi) is 6.50. The molecule has 1 aliphatic rings. The minimum atomic E-state index is -0.0342. The molecular formula is C20H27N3O2S. The predicted molar refractivity (Wildman–Crippen MR) is 106 cm³/mol. The van der Waals surface area contributed by atoms with Crippen molar-refractivity contribution in [1.29, 1.82) is 0 Å². The smallest absolute Gasteiger partial charge is 0.323 e. The van der Waals surface area contributed by atoms with Crippen LogP contribution in [0.1, 0.15) is 38.2 Å². The van der Waals surface area contributed by atoms with Gasteiger partial charge in [-0.2, -0.15) is 0 Å². The monoisotopic (exact) mass is 373 g/mol. The molecule has 0 unspecified atom stereocenters. The summed E-state index contributed by atoms with van der Waals surface area (Å²) < 4.78 is 5.22. The number of hydrogen-bond acceptors (Lipinski definition) is 4. The van der Waals surface area contributed by atoms with Gasteiger partial charge in [-0.05, 0) is 55.7 Å². The fourth-order valence-corrected chi connectivity index (χ4v) is 4.01. The van der Waals surface area contributed by atoms with E-state index >= 15 is 0 Å². The highest BCUT2D eigenvalue weighted by atomic mass is 32.1. The number of carbonyl (C=O) groups is 1. The average molecular weight is 374 g/mol. The standard InChI is InChI=1S/C20H27N3O2S/c1-15-3-7-17(8-4-15)23(20(24)22-19-21-12-14-26-19)13-11-16-5-9-18(25-2)10-6-16/h5-6,9-10,12,14-15,17H,3-4,7-8,11,13H2,1-2H3,(H,21,22,24). The lowest BCUT2D eigenvalue weighted by atomic mass is 9.86. The van der Waals surface area contributed by atoms with Crippen LogP contribution in [0.3, 0.4) is 0 Å². The normalized spacial score (nSPS) is 19.8. The zero-order valence-corrected chi connectivity index (χ0v) is 16.3. The minimum absolute atomic E-state index is 0.0342. The van der Waals surface area contributed by atoms with Gasteiger partial charge in [0.05, 0.1) is 7.11 Å². The molecule has 140 valence electrons. The Bertz CT molecular complexity index is 680. The van der Waals surface area contributed by atoms with Crippen molar-refractivity contribution < 1.29 is 9.53 Å². The van der Waals surface area contributed by atoms with Gasteiger partial charge in [0.2, 0.25) is 0 Å². The molecule has 1 aliphatic carbocycles. The topological polar surface area (TPSA) is 54.5 Å². The molecule has 0 spiro atoms. The van der Waals surface area contributed by atoms with E-state index in [1.165, 1.54) is 29.7 Å². The maximum Gasteiger partial charge on any atom is 0.323 e. The van der Waals surface area contributed by atoms with Crippen LogP contribution in [0.15, 0.2) is 35.8 Å². The molecule has 1 N–H and O–H groups in total. The summed E-state index contributed by atoms with van der Waals surface area (Å²) in [6, 6.07) is 8.35. The lowest BCUT2D eigenvalue weighted by Crippen LogP contribution is -2.45. The van der Waals surface area contributed by atoms with Crippen molar-refractivity contribution in [3.63, 3.8) is 0 Å². The zero-order valence-electron chi connectivity index (χ0n) is 15.5. The van der Waals surface area contributed by atoms with E-state index in [4.69, 9.17) is 4.74 Å². The van der Waals surface area contributed by atoms with Crippen LogP contribution < -0.4 is 10.1 Å². The van der Waals surface area contributed by atoms with E-state index in [1.807, 2.05) is 22.4 Å². The molecule has 5 nitrogen and oxygen atoms in total. The van der Waals surface area contributed by atoms with Gasteiger partial charge in [0.15, 0.2) is 5.13 Å². The Morgan fingerprint density at radius 2 is 2.00 bits per heavy atom. The molecule has 1 fully saturated rings. The molecule has 6 heteroatoms. The first-order chi connectivity index (χ1) is 12.7. The van der Waals surface area contributed by atoms with Gasteiger partial charge >= 0.3 is 6.03 Å². The maximum absolute atomic E-state index is 12.9. The second-order valence-electron chi connectivity index (χ2n) is 6.97. The van der Waals surface area contributed by atoms with Gasteiger partial charge < -0.3 is 9.64 Å². The Hall–Kier alpha value is -2.08. The number of methoxy groups -OCH3 is 1. The van der Waals surface area contributed by atoms with Crippen molar-refractivity contribution >= 4 is 22.5 Å². The van der Waals surface area contributed by atoms with Gasteiger partial charge in [0.1, 0.15) is 5.75 Å². The number of ether oxygens (including phenoxy) is 1. The maximum atomic E-state index is 12.9. The fourth-order valence-electron chi connectivity index (χ4n) is 3.49. The number of aromatic nitrogens is 1. The Balaban J connectivity index is 1.66. The third kappa shape index (κ3) is 4.97. The van der Waals surface area contributed by atoms with Gasteiger partial charge in [0, 0.05) is 24.2 Å². The van der Waals surface area contributed by atoms with Crippen molar-refractivity contribution in [1.82, 2.24) is 9.88 Å². The Morgan fingerprint density at radius 3 is 2.62 bits per heavy atom. The molecule has 1 saturated carbocycles. The van der Waals surface area contributed by atoms with Gasteiger partial charge in [-0.15, -0.1) is 11.3 Å². The zero-order chi connectivity index (χ0) is 18.4. The van der Waals surface area contributed by atoms with Crippen molar-refractivity contribution in [2.45, 2.75) is 45.1 Å². The lowest BCUT2D eigenvalue weighted by molar-refractivity contribution is 0.157. The van der Waals surface area contributed by atoms with Crippen LogP contribution in [0.25, 0.3) is 0 Å². The molecule has 26 heavy (non-hydrogen) atoms. The first kappa shape index (κ1) is 18.7. The van der Waals surface area contributed by atoms with Gasteiger partial charge in [-0.1, -0.05) is 19.1 Å². The number of hydrogen-bond donors (Lipinski definition) is 1. The molecule has 1 aromatic heterocycles. The summed E-state index contributed by atoms with van der Waals surface area (Å²) in [5.41, 5.74) is 1.21. The number of anilines is 1. The second-order valence-corrected chi connectivity index (χ2v) is 7.87. The highest BCUT2D eigenvalue weighted by Crippen LogP contribution is 2.28. The van der Waals surface area contributed by atoms with Crippen LogP contribution in [0, 0.1) is 5.92 Å². The molecule has 1 aromatic carbocycles. The molecule has 0 saturated heterocycles. The summed E-state index contributed by atoms with van der Waals surface area (Å²) in [6.45, 7) is 3.01. The highest BCUT2D eigenvalue weighted by molar-refractivity contribution is 7.13. The first-order valence-electron chi connectivity index (χ1n) is 9.25. The van der Waals surface area contributed by atoms with Crippen molar-refractivity contribution in [2.75, 3.05) is 19.0 Å². The first-order valence-corrected chi connectivity index (χ1v) is 10.1. The molecule has 0 aliphatic heterocycles. The average Bonchev–Trinajstić information content (AvgIpc) is 3.17. The van der Waals surface area contributed by atoms with E-state index < -0.39 is 0 Å². The van der Waals surface area contributed by atoms with Crippen LogP contribution in [0.4, 0.5) is 9.93 Å². The third-order valence-corrected chi connectivity index (χ3v) is 5.82. The molecule has 2 amide bonds. The van der Waals surface area contributed by atoms with Gasteiger partial charge in [-0.25, -0.2) is 9.78 Å². The van der Waals surface area contributed by atoms with E-state index in [0.29, 0.717) is 17.7 Å². The molecule has 0 atom stereocenters. The van der Waals surface area contributed by atoms with Gasteiger partial charge in [0.25, 0.3) is 0 Å². The number of nitrogens with zero attached hydrogens (tertiary/aromatic N) is 2. The minimum Gasteiger partial charge on any atom is -0.497 e. The van der Waals surface area contributed by atoms with Crippen LogP contribution >= 0.6 is 11.3 Å². The number of amides is 2. The summed E-state index contributed by atoms with van der Waals surface area (Å²) in [5, 5.41) is 5.49.